The van der Waals surface area contributed by atoms with Crippen molar-refractivity contribution in [2.24, 2.45) is 5.92 Å². The average Bonchev–Trinajstić information content (AvgIpc) is 2.75. The van der Waals surface area contributed by atoms with Crippen LogP contribution in [0.15, 0.2) is 65.6 Å². The van der Waals surface area contributed by atoms with Gasteiger partial charge in [-0.2, -0.15) is 4.31 Å². The Kier molecular flexibility index (Phi) is 5.34. The Labute approximate surface area is 170 Å². The third kappa shape index (κ3) is 4.02. The highest BCUT2D eigenvalue weighted by Crippen LogP contribution is 2.26. The molecule has 1 fully saturated rings. The van der Waals surface area contributed by atoms with Crippen molar-refractivity contribution in [3.05, 3.63) is 66.4 Å². The van der Waals surface area contributed by atoms with Crippen LogP contribution in [0.1, 0.15) is 18.5 Å². The molecule has 0 aliphatic carbocycles. The van der Waals surface area contributed by atoms with E-state index < -0.39 is 15.9 Å². The lowest BCUT2D eigenvalue weighted by atomic mass is 9.98. The number of nitrogens with zero attached hydrogens (tertiary/aromatic N) is 2. The van der Waals surface area contributed by atoms with Gasteiger partial charge in [-0.1, -0.05) is 36.4 Å². The molecule has 1 aromatic heterocycles. The molecule has 3 aromatic rings. The number of carbonyl (C=O) groups is 1. The maximum atomic E-state index is 12.9. The SMILES string of the molecule is Cc1ccc2cccc(NC(=O)C3CCCN(S(=O)(=O)c4ccccc4)C3)c2n1. The van der Waals surface area contributed by atoms with E-state index in [1.165, 1.54) is 4.31 Å². The molecule has 0 saturated carbocycles. The summed E-state index contributed by atoms with van der Waals surface area (Å²) in [5, 5.41) is 3.92. The van der Waals surface area contributed by atoms with Crippen molar-refractivity contribution in [2.45, 2.75) is 24.7 Å². The first-order valence-corrected chi connectivity index (χ1v) is 11.1. The summed E-state index contributed by atoms with van der Waals surface area (Å²) in [6.07, 6.45) is 1.31. The number of carbonyl (C=O) groups excluding carboxylic acids is 1. The number of aryl methyl sites for hydroxylation is 1. The Bertz CT molecular complexity index is 1150. The van der Waals surface area contributed by atoms with Gasteiger partial charge in [-0.3, -0.25) is 9.78 Å². The van der Waals surface area contributed by atoms with Crippen LogP contribution >= 0.6 is 0 Å². The maximum absolute atomic E-state index is 12.9. The normalized spacial score (nSPS) is 17.9. The van der Waals surface area contributed by atoms with Crippen LogP contribution in [0.25, 0.3) is 10.9 Å². The Morgan fingerprint density at radius 2 is 1.86 bits per heavy atom. The molecule has 1 atom stereocenters. The number of fused-ring (bicyclic) bond motifs is 1. The Morgan fingerprint density at radius 3 is 2.66 bits per heavy atom. The molecular formula is C22H23N3O3S. The number of pyridine rings is 1. The molecule has 2 heterocycles. The number of sulfonamides is 1. The minimum Gasteiger partial charge on any atom is -0.324 e. The monoisotopic (exact) mass is 409 g/mol. The van der Waals surface area contributed by atoms with Crippen LogP contribution in [-0.2, 0) is 14.8 Å². The fourth-order valence-electron chi connectivity index (χ4n) is 3.70. The third-order valence-corrected chi connectivity index (χ3v) is 7.13. The molecule has 7 heteroatoms. The van der Waals surface area contributed by atoms with Gasteiger partial charge in [0.05, 0.1) is 22.0 Å². The van der Waals surface area contributed by atoms with Crippen LogP contribution in [0.3, 0.4) is 0 Å². The first-order valence-electron chi connectivity index (χ1n) is 9.67. The van der Waals surface area contributed by atoms with Crippen LogP contribution in [0.5, 0.6) is 0 Å². The molecule has 1 saturated heterocycles. The van der Waals surface area contributed by atoms with Gasteiger partial charge in [-0.05, 0) is 44.0 Å². The molecule has 29 heavy (non-hydrogen) atoms. The van der Waals surface area contributed by atoms with Crippen LogP contribution in [-0.4, -0.2) is 36.7 Å². The lowest BCUT2D eigenvalue weighted by Gasteiger charge is -2.31. The van der Waals surface area contributed by atoms with Crippen LogP contribution in [0, 0.1) is 12.8 Å². The lowest BCUT2D eigenvalue weighted by molar-refractivity contribution is -0.120. The predicted molar refractivity (Wildman–Crippen MR) is 113 cm³/mol. The molecule has 1 aliphatic rings. The second-order valence-corrected chi connectivity index (χ2v) is 9.27. The van der Waals surface area contributed by atoms with Gasteiger partial charge in [0, 0.05) is 24.2 Å². The highest BCUT2D eigenvalue weighted by atomic mass is 32.2. The second-order valence-electron chi connectivity index (χ2n) is 7.33. The van der Waals surface area contributed by atoms with Gasteiger partial charge in [-0.25, -0.2) is 8.42 Å². The molecule has 0 spiro atoms. The number of rotatable bonds is 4. The summed E-state index contributed by atoms with van der Waals surface area (Å²) in [5.41, 5.74) is 2.27. The van der Waals surface area contributed by atoms with E-state index in [2.05, 4.69) is 10.3 Å². The molecule has 2 aromatic carbocycles. The lowest BCUT2D eigenvalue weighted by Crippen LogP contribution is -2.43. The Hall–Kier alpha value is -2.77. The number of benzene rings is 2. The van der Waals surface area contributed by atoms with Crippen molar-refractivity contribution >= 4 is 32.5 Å². The van der Waals surface area contributed by atoms with Crippen molar-refractivity contribution in [2.75, 3.05) is 18.4 Å². The van der Waals surface area contributed by atoms with E-state index in [4.69, 9.17) is 0 Å². The number of amides is 1. The van der Waals surface area contributed by atoms with Crippen molar-refractivity contribution in [1.82, 2.24) is 9.29 Å². The number of anilines is 1. The van der Waals surface area contributed by atoms with E-state index in [9.17, 15) is 13.2 Å². The van der Waals surface area contributed by atoms with Gasteiger partial charge in [0.25, 0.3) is 0 Å². The van der Waals surface area contributed by atoms with E-state index in [0.717, 1.165) is 16.6 Å². The molecule has 1 aliphatic heterocycles. The highest BCUT2D eigenvalue weighted by Gasteiger charge is 2.33. The first kappa shape index (κ1) is 19.5. The van der Waals surface area contributed by atoms with Crippen molar-refractivity contribution in [3.8, 4) is 0 Å². The van der Waals surface area contributed by atoms with Crippen LogP contribution in [0.4, 0.5) is 5.69 Å². The predicted octanol–water partition coefficient (Wildman–Crippen LogP) is 3.58. The average molecular weight is 410 g/mol. The van der Waals surface area contributed by atoms with Gasteiger partial charge in [0.1, 0.15) is 0 Å². The number of hydrogen-bond acceptors (Lipinski definition) is 4. The zero-order valence-electron chi connectivity index (χ0n) is 16.2. The van der Waals surface area contributed by atoms with E-state index in [-0.39, 0.29) is 17.3 Å². The van der Waals surface area contributed by atoms with E-state index in [1.54, 1.807) is 30.3 Å². The molecule has 4 rings (SSSR count). The smallest absolute Gasteiger partial charge is 0.243 e. The molecule has 1 unspecified atom stereocenters. The minimum atomic E-state index is -3.60. The molecule has 150 valence electrons. The topological polar surface area (TPSA) is 79.4 Å². The summed E-state index contributed by atoms with van der Waals surface area (Å²) in [5.74, 6) is -0.573. The maximum Gasteiger partial charge on any atom is 0.243 e. The zero-order valence-corrected chi connectivity index (χ0v) is 17.0. The number of hydrogen-bond donors (Lipinski definition) is 1. The van der Waals surface area contributed by atoms with Gasteiger partial charge in [-0.15, -0.1) is 0 Å². The highest BCUT2D eigenvalue weighted by molar-refractivity contribution is 7.89. The molecule has 6 nitrogen and oxygen atoms in total. The standard InChI is InChI=1S/C22H23N3O3S/c1-16-12-13-17-7-5-11-20(21(17)23-16)24-22(26)18-8-6-14-25(15-18)29(27,28)19-9-3-2-4-10-19/h2-5,7,9-13,18H,6,8,14-15H2,1H3,(H,24,26). The third-order valence-electron chi connectivity index (χ3n) is 5.25. The molecule has 1 amide bonds. The fraction of sp³-hybridized carbons (Fsp3) is 0.273. The van der Waals surface area contributed by atoms with Crippen molar-refractivity contribution in [3.63, 3.8) is 0 Å². The first-order chi connectivity index (χ1) is 13.9. The van der Waals surface area contributed by atoms with Gasteiger partial charge in [0.2, 0.25) is 15.9 Å². The number of nitrogens with one attached hydrogen (secondary N) is 1. The largest absolute Gasteiger partial charge is 0.324 e. The number of para-hydroxylation sites is 1. The van der Waals surface area contributed by atoms with E-state index in [0.29, 0.717) is 25.1 Å². The molecular weight excluding hydrogens is 386 g/mol. The number of piperidine rings is 1. The summed E-state index contributed by atoms with van der Waals surface area (Å²) in [6.45, 7) is 2.52. The van der Waals surface area contributed by atoms with Gasteiger partial charge in [0.15, 0.2) is 0 Å². The zero-order chi connectivity index (χ0) is 20.4. The van der Waals surface area contributed by atoms with E-state index >= 15 is 0 Å². The summed E-state index contributed by atoms with van der Waals surface area (Å²) in [7, 11) is -3.60. The molecule has 1 N–H and O–H groups in total. The van der Waals surface area contributed by atoms with Crippen LogP contribution < -0.4 is 5.32 Å². The van der Waals surface area contributed by atoms with Crippen LogP contribution in [0.2, 0.25) is 0 Å². The quantitative estimate of drug-likeness (QED) is 0.714. The minimum absolute atomic E-state index is 0.172. The van der Waals surface area contributed by atoms with Gasteiger partial charge < -0.3 is 5.32 Å². The summed E-state index contributed by atoms with van der Waals surface area (Å²) in [4.78, 5) is 17.8. The number of aromatic nitrogens is 1. The van der Waals surface area contributed by atoms with E-state index in [1.807, 2.05) is 37.3 Å². The Morgan fingerprint density at radius 1 is 1.07 bits per heavy atom. The fourth-order valence-corrected chi connectivity index (χ4v) is 5.24. The van der Waals surface area contributed by atoms with Crippen molar-refractivity contribution < 1.29 is 13.2 Å². The Balaban J connectivity index is 1.54. The summed E-state index contributed by atoms with van der Waals surface area (Å²) >= 11 is 0. The molecule has 0 bridgehead atoms. The van der Waals surface area contributed by atoms with Crippen molar-refractivity contribution in [1.29, 1.82) is 0 Å². The summed E-state index contributed by atoms with van der Waals surface area (Å²) < 4.78 is 27.2. The van der Waals surface area contributed by atoms with Gasteiger partial charge >= 0.3 is 0 Å². The summed E-state index contributed by atoms with van der Waals surface area (Å²) in [6, 6.07) is 17.9. The second kappa shape index (κ2) is 7.93. The molecule has 0 radical (unpaired) electrons.